The maximum Gasteiger partial charge on any atom is 0.278 e. The SMILES string of the molecule is CCCNC(=O)c1cn(Cc2ncnc(N(C)C)c2C)c2cc(C)cnc12.COc1ncnc(Cn2cc(C(=O)NCC(C)C)c3ncc(C)cc32)c1C.COc1ncnc(Cn2cc(C(=O)NCC(C)F)c3ncc(C)cc32)c1C.Cc1cnc2c(C(=O)CCCO)cn(Cc3nccc(OCC(C)(F)F)c3C)c2c1. The number of anilines is 1. The molecule has 3 amide bonds. The van der Waals surface area contributed by atoms with Crippen LogP contribution in [0.1, 0.15) is 163 Å². The Bertz CT molecular complexity index is 5140. The molecule has 12 aromatic heterocycles. The number of aliphatic hydroxyl groups is 1. The molecule has 12 aromatic rings. The van der Waals surface area contributed by atoms with Crippen LogP contribution in [0.5, 0.6) is 17.5 Å². The van der Waals surface area contributed by atoms with Crippen LogP contribution in [0.25, 0.3) is 44.1 Å². The van der Waals surface area contributed by atoms with Crippen molar-refractivity contribution >= 4 is 73.5 Å². The molecular weight excluding hydrogens is 1420 g/mol. The number of ketones is 1. The highest BCUT2D eigenvalue weighted by molar-refractivity contribution is 6.08. The highest BCUT2D eigenvalue weighted by Crippen LogP contribution is 2.31. The van der Waals surface area contributed by atoms with Gasteiger partial charge in [-0.3, -0.25) is 44.1 Å². The summed E-state index contributed by atoms with van der Waals surface area (Å²) in [4.78, 5) is 100. The van der Waals surface area contributed by atoms with Crippen LogP contribution in [0.15, 0.2) is 105 Å². The van der Waals surface area contributed by atoms with Gasteiger partial charge in [-0.05, 0) is 134 Å². The highest BCUT2D eigenvalue weighted by Gasteiger charge is 2.26. The molecule has 0 bridgehead atoms. The fourth-order valence-electron chi connectivity index (χ4n) is 12.2. The molecule has 0 saturated carbocycles. The van der Waals surface area contributed by atoms with Gasteiger partial charge in [0, 0.05) is 132 Å². The lowest BCUT2D eigenvalue weighted by atomic mass is 10.1. The van der Waals surface area contributed by atoms with Gasteiger partial charge in [0.05, 0.1) is 113 Å². The number of pyridine rings is 5. The molecule has 0 aliphatic rings. The zero-order chi connectivity index (χ0) is 80.5. The lowest BCUT2D eigenvalue weighted by Gasteiger charge is -2.16. The number of nitrogens with zero attached hydrogens (tertiary/aromatic N) is 16. The van der Waals surface area contributed by atoms with Crippen LogP contribution in [0.3, 0.4) is 0 Å². The number of nitrogens with one attached hydrogen (secondary N) is 3. The summed E-state index contributed by atoms with van der Waals surface area (Å²) >= 11 is 0. The molecule has 1 atom stereocenters. The van der Waals surface area contributed by atoms with Crippen molar-refractivity contribution in [2.24, 2.45) is 5.92 Å². The first-order valence-corrected chi connectivity index (χ1v) is 36.5. The molecule has 12 heterocycles. The normalized spacial score (nSPS) is 11.5. The molecule has 586 valence electrons. The number of hydrogen-bond donors (Lipinski definition) is 4. The fourth-order valence-corrected chi connectivity index (χ4v) is 12.2. The number of carbonyl (C=O) groups is 4. The molecule has 12 rings (SSSR count). The molecule has 30 heteroatoms. The number of aryl methyl sites for hydroxylation is 4. The van der Waals surface area contributed by atoms with E-state index in [0.717, 1.165) is 97.3 Å². The van der Waals surface area contributed by atoms with Gasteiger partial charge < -0.3 is 58.4 Å². The van der Waals surface area contributed by atoms with Crippen molar-refractivity contribution in [3.05, 3.63) is 195 Å². The van der Waals surface area contributed by atoms with Crippen molar-refractivity contribution in [1.82, 2.24) is 89.0 Å². The Hall–Kier alpha value is -11.8. The van der Waals surface area contributed by atoms with Gasteiger partial charge in [0.25, 0.3) is 23.6 Å². The van der Waals surface area contributed by atoms with E-state index < -0.39 is 18.7 Å². The third-order valence-electron chi connectivity index (χ3n) is 18.0. The predicted octanol–water partition coefficient (Wildman–Crippen LogP) is 12.3. The smallest absolute Gasteiger partial charge is 0.278 e. The molecule has 0 aromatic carbocycles. The molecule has 27 nitrogen and oxygen atoms in total. The van der Waals surface area contributed by atoms with Crippen LogP contribution >= 0.6 is 0 Å². The lowest BCUT2D eigenvalue weighted by Crippen LogP contribution is -2.28. The zero-order valence-corrected chi connectivity index (χ0v) is 66.0. The number of aromatic nitrogens is 15. The summed E-state index contributed by atoms with van der Waals surface area (Å²) in [5.41, 5.74) is 18.7. The topological polar surface area (TPSA) is 317 Å². The number of rotatable bonds is 27. The van der Waals surface area contributed by atoms with Gasteiger partial charge >= 0.3 is 0 Å². The summed E-state index contributed by atoms with van der Waals surface area (Å²) in [7, 11) is 7.08. The summed E-state index contributed by atoms with van der Waals surface area (Å²) < 4.78 is 63.1. The Kier molecular flexibility index (Phi) is 28.1. The summed E-state index contributed by atoms with van der Waals surface area (Å²) in [5.74, 6) is -0.869. The monoisotopic (exact) mass is 1520 g/mol. The van der Waals surface area contributed by atoms with Crippen molar-refractivity contribution in [3.8, 4) is 17.5 Å². The van der Waals surface area contributed by atoms with Gasteiger partial charge in [-0.2, -0.15) is 0 Å². The first-order chi connectivity index (χ1) is 52.9. The van der Waals surface area contributed by atoms with Crippen LogP contribution in [0.2, 0.25) is 0 Å². The second-order valence-electron chi connectivity index (χ2n) is 28.1. The molecule has 111 heavy (non-hydrogen) atoms. The van der Waals surface area contributed by atoms with Crippen LogP contribution in [-0.4, -0.2) is 175 Å². The summed E-state index contributed by atoms with van der Waals surface area (Å²) in [5, 5.41) is 17.5. The van der Waals surface area contributed by atoms with E-state index in [0.29, 0.717) is 125 Å². The zero-order valence-electron chi connectivity index (χ0n) is 66.0. The van der Waals surface area contributed by atoms with E-state index in [4.69, 9.17) is 19.3 Å². The van der Waals surface area contributed by atoms with Crippen molar-refractivity contribution in [2.75, 3.05) is 66.1 Å². The van der Waals surface area contributed by atoms with Crippen LogP contribution in [0, 0.1) is 61.3 Å². The number of alkyl halides is 3. The van der Waals surface area contributed by atoms with E-state index in [1.807, 2.05) is 123 Å². The summed E-state index contributed by atoms with van der Waals surface area (Å²) in [6.07, 6.45) is 20.6. The molecule has 0 saturated heterocycles. The molecule has 1 unspecified atom stereocenters. The fraction of sp³-hybridized carbons (Fsp3) is 0.395. The van der Waals surface area contributed by atoms with Crippen molar-refractivity contribution in [2.45, 2.75) is 148 Å². The second kappa shape index (κ2) is 37.5. The van der Waals surface area contributed by atoms with E-state index in [1.165, 1.54) is 25.8 Å². The van der Waals surface area contributed by atoms with Gasteiger partial charge in [-0.25, -0.2) is 43.1 Å². The number of hydrogen-bond acceptors (Lipinski definition) is 20. The van der Waals surface area contributed by atoms with Gasteiger partial charge in [-0.15, -0.1) is 0 Å². The number of amides is 3. The Labute approximate surface area is 642 Å². The molecule has 0 fully saturated rings. The highest BCUT2D eigenvalue weighted by atomic mass is 19.3. The van der Waals surface area contributed by atoms with Crippen molar-refractivity contribution in [1.29, 1.82) is 0 Å². The summed E-state index contributed by atoms with van der Waals surface area (Å²) in [6.45, 7) is 26.1. The maximum atomic E-state index is 13.2. The standard InChI is InChI=1S/C22H25F2N3O3.C20H26N6O.C20H25N5O2.C19H22FN5O2/c1-14-9-18-21(26-10-14)16(19(29)5-4-8-28)11-27(18)12-17-15(2)20(6-7-25-17)30-13-22(3,23)24;1-6-7-21-20(27)15-10-26(17-8-13(2)9-22-18(15)17)11-16-14(3)19(25(4)5)24-12-23-16;1-12(2)7-22-19(26)15-9-25(17-6-13(3)8-21-18(15)17)10-16-14(4)20(27-5)24-11-23-16;1-11-5-16-17(21-6-11)14(18(26)22-7-12(2)20)8-25(16)9-15-13(3)19(27-4)24-10-23-15/h6-7,9-11,28H,4-5,8,12-13H2,1-3H3;8-10,12H,6-7,11H2,1-5H3,(H,21,27);6,8-9,11-12H,7,10H2,1-5H3,(H,22,26);5-6,8,10,12H,7,9H2,1-4H3,(H,22,26). The largest absolute Gasteiger partial charge is 0.487 e. The van der Waals surface area contributed by atoms with Gasteiger partial charge in [0.15, 0.2) is 12.4 Å². The first kappa shape index (κ1) is 83.2. The minimum Gasteiger partial charge on any atom is -0.487 e. The lowest BCUT2D eigenvalue weighted by molar-refractivity contribution is -0.0232. The average molecular weight is 1520 g/mol. The quantitative estimate of drug-likeness (QED) is 0.0348. The average Bonchev–Trinajstić information content (AvgIpc) is 1.65. The third-order valence-corrected chi connectivity index (χ3v) is 18.0. The minimum absolute atomic E-state index is 0.0421. The van der Waals surface area contributed by atoms with Gasteiger partial charge in [0.1, 0.15) is 53.3 Å². The molecular formula is C81H98F3N19O8. The number of aliphatic hydroxyl groups excluding tert-OH is 1. The van der Waals surface area contributed by atoms with Crippen LogP contribution in [0.4, 0.5) is 19.0 Å². The van der Waals surface area contributed by atoms with Crippen LogP contribution < -0.4 is 35.1 Å². The van der Waals surface area contributed by atoms with Crippen molar-refractivity contribution in [3.63, 3.8) is 0 Å². The first-order valence-electron chi connectivity index (χ1n) is 36.5. The Morgan fingerprint density at radius 3 is 1.31 bits per heavy atom. The van der Waals surface area contributed by atoms with Gasteiger partial charge in [0.2, 0.25) is 11.8 Å². The molecule has 0 aliphatic carbocycles. The minimum atomic E-state index is -2.93. The van der Waals surface area contributed by atoms with E-state index in [9.17, 15) is 32.3 Å². The Balaban J connectivity index is 0.000000170. The molecule has 0 spiro atoms. The molecule has 0 aliphatic heterocycles. The number of fused-ring (bicyclic) bond motifs is 4. The molecule has 0 radical (unpaired) electrons. The molecule has 4 N–H and O–H groups in total. The third kappa shape index (κ3) is 21.0. The maximum absolute atomic E-state index is 13.2. The second-order valence-corrected chi connectivity index (χ2v) is 28.1. The van der Waals surface area contributed by atoms with Crippen LogP contribution in [-0.2, 0) is 26.2 Å². The van der Waals surface area contributed by atoms with E-state index >= 15 is 0 Å². The van der Waals surface area contributed by atoms with E-state index in [2.05, 4.69) is 90.7 Å². The Morgan fingerprint density at radius 1 is 0.532 bits per heavy atom. The number of carbonyl (C=O) groups excluding carboxylic acids is 4. The van der Waals surface area contributed by atoms with Crippen molar-refractivity contribution < 1.29 is 51.7 Å². The summed E-state index contributed by atoms with van der Waals surface area (Å²) in [6, 6.07) is 9.56. The van der Waals surface area contributed by atoms with E-state index in [1.54, 1.807) is 70.7 Å². The number of methoxy groups -OCH3 is 2. The number of halogens is 3. The predicted molar refractivity (Wildman–Crippen MR) is 420 cm³/mol. The number of Topliss-reactive ketones (excluding diaryl/α,β-unsaturated/α-hetero) is 1. The van der Waals surface area contributed by atoms with E-state index in [-0.39, 0.29) is 43.1 Å². The Morgan fingerprint density at radius 2 is 0.919 bits per heavy atom. The number of ether oxygens (including phenoxy) is 3. The van der Waals surface area contributed by atoms with Gasteiger partial charge in [-0.1, -0.05) is 20.8 Å².